The average Bonchev–Trinajstić information content (AvgIpc) is 2.67. The molecule has 0 fully saturated rings. The van der Waals surface area contributed by atoms with Gasteiger partial charge in [-0.15, -0.1) is 0 Å². The van der Waals surface area contributed by atoms with Crippen molar-refractivity contribution in [1.82, 2.24) is 15.0 Å². The fourth-order valence-electron chi connectivity index (χ4n) is 1.26. The zero-order valence-corrected chi connectivity index (χ0v) is 8.16. The predicted molar refractivity (Wildman–Crippen MR) is 54.3 cm³/mol. The minimum atomic E-state index is 0.622. The van der Waals surface area contributed by atoms with Crippen LogP contribution in [-0.2, 0) is 0 Å². The van der Waals surface area contributed by atoms with Crippen molar-refractivity contribution < 1.29 is 4.74 Å². The number of hydrogen-bond acceptors (Lipinski definition) is 3. The molecular weight excluding hydrogens is 178 g/mol. The Kier molecular flexibility index (Phi) is 2.62. The number of nitrogens with zero attached hydrogens (tertiary/aromatic N) is 2. The van der Waals surface area contributed by atoms with E-state index in [9.17, 15) is 0 Å². The number of aromatic amines is 1. The first-order chi connectivity index (χ1) is 6.92. The molecule has 0 saturated carbocycles. The van der Waals surface area contributed by atoms with Crippen LogP contribution in [0.5, 0.6) is 5.88 Å². The summed E-state index contributed by atoms with van der Waals surface area (Å²) in [7, 11) is 0. The van der Waals surface area contributed by atoms with Crippen LogP contribution in [0.2, 0.25) is 0 Å². The van der Waals surface area contributed by atoms with Crippen molar-refractivity contribution in [1.29, 1.82) is 0 Å². The lowest BCUT2D eigenvalue weighted by Crippen LogP contribution is -1.98. The van der Waals surface area contributed by atoms with Gasteiger partial charge in [-0.25, -0.2) is 9.97 Å². The van der Waals surface area contributed by atoms with Crippen molar-refractivity contribution in [2.75, 3.05) is 6.61 Å². The minimum absolute atomic E-state index is 0.622. The molecule has 2 rings (SSSR count). The van der Waals surface area contributed by atoms with Gasteiger partial charge in [0.05, 0.1) is 18.5 Å². The number of fused-ring (bicyclic) bond motifs is 1. The molecule has 0 amide bonds. The van der Waals surface area contributed by atoms with E-state index in [1.54, 1.807) is 12.5 Å². The van der Waals surface area contributed by atoms with E-state index in [1.807, 2.05) is 6.07 Å². The summed E-state index contributed by atoms with van der Waals surface area (Å²) in [5.74, 6) is 0.622. The molecule has 0 bridgehead atoms. The highest BCUT2D eigenvalue weighted by Crippen LogP contribution is 2.18. The van der Waals surface area contributed by atoms with E-state index in [4.69, 9.17) is 4.74 Å². The molecule has 0 atom stereocenters. The van der Waals surface area contributed by atoms with Gasteiger partial charge in [-0.1, -0.05) is 13.3 Å². The molecule has 74 valence electrons. The molecular formula is C10H13N3O. The molecule has 14 heavy (non-hydrogen) atoms. The average molecular weight is 191 g/mol. The highest BCUT2D eigenvalue weighted by Gasteiger charge is 2.04. The highest BCUT2D eigenvalue weighted by molar-refractivity contribution is 5.78. The topological polar surface area (TPSA) is 50.8 Å². The van der Waals surface area contributed by atoms with Gasteiger partial charge in [-0.2, -0.15) is 0 Å². The van der Waals surface area contributed by atoms with Gasteiger partial charge in [0.1, 0.15) is 0 Å². The largest absolute Gasteiger partial charge is 0.476 e. The standard InChI is InChI=1S/C10H13N3O/c1-2-3-6-14-10-9-8(4-5-11-10)12-7-13-9/h4-5,7H,2-3,6H2,1H3,(H,12,13). The van der Waals surface area contributed by atoms with Gasteiger partial charge < -0.3 is 9.72 Å². The Morgan fingerprint density at radius 2 is 2.36 bits per heavy atom. The van der Waals surface area contributed by atoms with Crippen LogP contribution in [0.4, 0.5) is 0 Å². The molecule has 2 aromatic rings. The van der Waals surface area contributed by atoms with Crippen LogP contribution < -0.4 is 4.74 Å². The Hall–Kier alpha value is -1.58. The van der Waals surface area contributed by atoms with Crippen LogP contribution in [0.1, 0.15) is 19.8 Å². The first kappa shape index (κ1) is 8.99. The van der Waals surface area contributed by atoms with Gasteiger partial charge in [0.25, 0.3) is 0 Å². The van der Waals surface area contributed by atoms with Crippen molar-refractivity contribution in [2.24, 2.45) is 0 Å². The smallest absolute Gasteiger partial charge is 0.242 e. The SMILES string of the molecule is CCCCOc1nccc2[nH]cnc12. The lowest BCUT2D eigenvalue weighted by atomic mass is 10.3. The molecule has 0 aliphatic heterocycles. The van der Waals surface area contributed by atoms with E-state index >= 15 is 0 Å². The Balaban J connectivity index is 2.19. The summed E-state index contributed by atoms with van der Waals surface area (Å²) >= 11 is 0. The number of pyridine rings is 1. The summed E-state index contributed by atoms with van der Waals surface area (Å²) in [5, 5.41) is 0. The molecule has 0 aliphatic rings. The maximum absolute atomic E-state index is 5.52. The first-order valence-corrected chi connectivity index (χ1v) is 4.82. The molecule has 0 spiro atoms. The fourth-order valence-corrected chi connectivity index (χ4v) is 1.26. The maximum Gasteiger partial charge on any atom is 0.242 e. The Labute approximate surface area is 82.3 Å². The van der Waals surface area contributed by atoms with Crippen molar-refractivity contribution in [3.05, 3.63) is 18.6 Å². The van der Waals surface area contributed by atoms with Crippen LogP contribution in [0, 0.1) is 0 Å². The molecule has 1 N–H and O–H groups in total. The second-order valence-corrected chi connectivity index (χ2v) is 3.12. The van der Waals surface area contributed by atoms with Gasteiger partial charge in [0.2, 0.25) is 5.88 Å². The summed E-state index contributed by atoms with van der Waals surface area (Å²) in [5.41, 5.74) is 1.77. The van der Waals surface area contributed by atoms with E-state index < -0.39 is 0 Å². The quantitative estimate of drug-likeness (QED) is 0.753. The highest BCUT2D eigenvalue weighted by atomic mass is 16.5. The lowest BCUT2D eigenvalue weighted by Gasteiger charge is -2.03. The van der Waals surface area contributed by atoms with Crippen molar-refractivity contribution >= 4 is 11.0 Å². The molecule has 0 aromatic carbocycles. The Morgan fingerprint density at radius 1 is 1.43 bits per heavy atom. The third kappa shape index (κ3) is 1.69. The number of aromatic nitrogens is 3. The fraction of sp³-hybridized carbons (Fsp3) is 0.400. The lowest BCUT2D eigenvalue weighted by molar-refractivity contribution is 0.301. The Morgan fingerprint density at radius 3 is 3.21 bits per heavy atom. The van der Waals surface area contributed by atoms with Gasteiger partial charge in [0, 0.05) is 6.20 Å². The monoisotopic (exact) mass is 191 g/mol. The summed E-state index contributed by atoms with van der Waals surface area (Å²) in [4.78, 5) is 11.3. The summed E-state index contributed by atoms with van der Waals surface area (Å²) in [6, 6.07) is 1.88. The summed E-state index contributed by atoms with van der Waals surface area (Å²) in [6.45, 7) is 2.83. The Bertz CT molecular complexity index is 410. The number of H-pyrrole nitrogens is 1. The molecule has 0 unspecified atom stereocenters. The van der Waals surface area contributed by atoms with E-state index in [0.29, 0.717) is 12.5 Å². The van der Waals surface area contributed by atoms with Crippen LogP contribution >= 0.6 is 0 Å². The number of rotatable bonds is 4. The normalized spacial score (nSPS) is 10.6. The van der Waals surface area contributed by atoms with Crippen LogP contribution in [0.3, 0.4) is 0 Å². The van der Waals surface area contributed by atoms with E-state index in [-0.39, 0.29) is 0 Å². The summed E-state index contributed by atoms with van der Waals surface area (Å²) < 4.78 is 5.52. The maximum atomic E-state index is 5.52. The first-order valence-electron chi connectivity index (χ1n) is 4.82. The zero-order chi connectivity index (χ0) is 9.80. The number of nitrogens with one attached hydrogen (secondary N) is 1. The van der Waals surface area contributed by atoms with Gasteiger partial charge in [0.15, 0.2) is 5.52 Å². The predicted octanol–water partition coefficient (Wildman–Crippen LogP) is 2.14. The second-order valence-electron chi connectivity index (χ2n) is 3.12. The molecule has 0 aliphatic carbocycles. The molecule has 2 aromatic heterocycles. The second kappa shape index (κ2) is 4.09. The van der Waals surface area contributed by atoms with Crippen LogP contribution in [0.25, 0.3) is 11.0 Å². The third-order valence-corrected chi connectivity index (χ3v) is 2.04. The van der Waals surface area contributed by atoms with Crippen molar-refractivity contribution in [3.63, 3.8) is 0 Å². The van der Waals surface area contributed by atoms with Crippen LogP contribution in [0.15, 0.2) is 18.6 Å². The van der Waals surface area contributed by atoms with Gasteiger partial charge >= 0.3 is 0 Å². The molecule has 4 nitrogen and oxygen atoms in total. The van der Waals surface area contributed by atoms with E-state index in [0.717, 1.165) is 23.9 Å². The van der Waals surface area contributed by atoms with Crippen LogP contribution in [-0.4, -0.2) is 21.6 Å². The van der Waals surface area contributed by atoms with Crippen molar-refractivity contribution in [3.8, 4) is 5.88 Å². The third-order valence-electron chi connectivity index (χ3n) is 2.04. The molecule has 2 heterocycles. The molecule has 4 heteroatoms. The number of hydrogen-bond donors (Lipinski definition) is 1. The van der Waals surface area contributed by atoms with Crippen molar-refractivity contribution in [2.45, 2.75) is 19.8 Å². The molecule has 0 radical (unpaired) electrons. The van der Waals surface area contributed by atoms with Gasteiger partial charge in [-0.3, -0.25) is 0 Å². The minimum Gasteiger partial charge on any atom is -0.476 e. The van der Waals surface area contributed by atoms with E-state index in [1.165, 1.54) is 0 Å². The molecule has 0 saturated heterocycles. The number of unbranched alkanes of at least 4 members (excludes halogenated alkanes) is 1. The zero-order valence-electron chi connectivity index (χ0n) is 8.16. The number of imidazole rings is 1. The van der Waals surface area contributed by atoms with E-state index in [2.05, 4.69) is 21.9 Å². The summed E-state index contributed by atoms with van der Waals surface area (Å²) in [6.07, 6.45) is 5.54. The van der Waals surface area contributed by atoms with Gasteiger partial charge in [-0.05, 0) is 12.5 Å². The number of ether oxygens (including phenoxy) is 1.